The van der Waals surface area contributed by atoms with Gasteiger partial charge in [0.15, 0.2) is 0 Å². The highest BCUT2D eigenvalue weighted by molar-refractivity contribution is 5.86. The van der Waals surface area contributed by atoms with Crippen LogP contribution in [0.2, 0.25) is 0 Å². The predicted octanol–water partition coefficient (Wildman–Crippen LogP) is 2.16. The molecule has 1 aliphatic heterocycles. The Balaban J connectivity index is 1.97. The van der Waals surface area contributed by atoms with E-state index in [0.29, 0.717) is 0 Å². The standard InChI is InChI=1S/C16H23N3O/c1-11(17)15-10-18(2)16-7-13-9-19(4-5-20-3)8-12(13)6-14(15)16/h6-7,10-11H,4-5,8-9,17H2,1-3H3. The van der Waals surface area contributed by atoms with Crippen molar-refractivity contribution in [3.8, 4) is 0 Å². The Hall–Kier alpha value is -1.36. The van der Waals surface area contributed by atoms with Gasteiger partial charge in [-0.25, -0.2) is 0 Å². The predicted molar refractivity (Wildman–Crippen MR) is 81.5 cm³/mol. The third kappa shape index (κ3) is 2.24. The van der Waals surface area contributed by atoms with Crippen LogP contribution in [0.5, 0.6) is 0 Å². The fraction of sp³-hybridized carbons (Fsp3) is 0.500. The summed E-state index contributed by atoms with van der Waals surface area (Å²) in [5, 5.41) is 1.30. The smallest absolute Gasteiger partial charge is 0.0589 e. The molecular weight excluding hydrogens is 250 g/mol. The highest BCUT2D eigenvalue weighted by Gasteiger charge is 2.21. The van der Waals surface area contributed by atoms with Crippen molar-refractivity contribution in [3.63, 3.8) is 0 Å². The Bertz CT molecular complexity index is 630. The first-order valence-corrected chi connectivity index (χ1v) is 7.17. The van der Waals surface area contributed by atoms with Gasteiger partial charge in [-0.05, 0) is 35.7 Å². The number of rotatable bonds is 4. The molecule has 2 N–H and O–H groups in total. The van der Waals surface area contributed by atoms with Gasteiger partial charge in [-0.15, -0.1) is 0 Å². The fourth-order valence-electron chi connectivity index (χ4n) is 3.12. The quantitative estimate of drug-likeness (QED) is 0.928. The first-order valence-electron chi connectivity index (χ1n) is 7.17. The largest absolute Gasteiger partial charge is 0.383 e. The Morgan fingerprint density at radius 3 is 2.65 bits per heavy atom. The van der Waals surface area contributed by atoms with Crippen molar-refractivity contribution in [1.82, 2.24) is 9.47 Å². The number of hydrogen-bond acceptors (Lipinski definition) is 3. The van der Waals surface area contributed by atoms with E-state index in [-0.39, 0.29) is 6.04 Å². The van der Waals surface area contributed by atoms with Crippen LogP contribution in [0.3, 0.4) is 0 Å². The maximum atomic E-state index is 6.09. The molecule has 1 aromatic carbocycles. The van der Waals surface area contributed by atoms with Crippen LogP contribution in [0.25, 0.3) is 10.9 Å². The van der Waals surface area contributed by atoms with E-state index in [0.717, 1.165) is 26.2 Å². The topological polar surface area (TPSA) is 43.4 Å². The van der Waals surface area contributed by atoms with Crippen molar-refractivity contribution in [3.05, 3.63) is 35.0 Å². The molecule has 2 heterocycles. The minimum Gasteiger partial charge on any atom is -0.383 e. The van der Waals surface area contributed by atoms with Gasteiger partial charge in [-0.3, -0.25) is 4.90 Å². The molecule has 20 heavy (non-hydrogen) atoms. The molecule has 1 aromatic heterocycles. The van der Waals surface area contributed by atoms with Crippen LogP contribution >= 0.6 is 0 Å². The molecule has 1 aliphatic rings. The van der Waals surface area contributed by atoms with E-state index in [9.17, 15) is 0 Å². The summed E-state index contributed by atoms with van der Waals surface area (Å²) < 4.78 is 7.36. The summed E-state index contributed by atoms with van der Waals surface area (Å²) in [6.45, 7) is 5.86. The van der Waals surface area contributed by atoms with E-state index in [1.54, 1.807) is 7.11 Å². The maximum absolute atomic E-state index is 6.09. The molecule has 0 spiro atoms. The molecule has 0 saturated carbocycles. The molecule has 108 valence electrons. The molecule has 0 saturated heterocycles. The Morgan fingerprint density at radius 2 is 2.00 bits per heavy atom. The molecule has 4 heteroatoms. The normalized spacial score (nSPS) is 16.8. The number of aryl methyl sites for hydroxylation is 1. The molecule has 3 rings (SSSR count). The lowest BCUT2D eigenvalue weighted by atomic mass is 10.0. The van der Waals surface area contributed by atoms with Crippen molar-refractivity contribution in [2.75, 3.05) is 20.3 Å². The lowest BCUT2D eigenvalue weighted by Crippen LogP contribution is -2.21. The highest BCUT2D eigenvalue weighted by Crippen LogP contribution is 2.32. The third-order valence-electron chi connectivity index (χ3n) is 4.23. The summed E-state index contributed by atoms with van der Waals surface area (Å²) in [6, 6.07) is 4.72. The Morgan fingerprint density at radius 1 is 1.30 bits per heavy atom. The summed E-state index contributed by atoms with van der Waals surface area (Å²) in [4.78, 5) is 2.43. The van der Waals surface area contributed by atoms with Gasteiger partial charge < -0.3 is 15.0 Å². The highest BCUT2D eigenvalue weighted by atomic mass is 16.5. The number of ether oxygens (including phenoxy) is 1. The van der Waals surface area contributed by atoms with Crippen LogP contribution in [0.4, 0.5) is 0 Å². The monoisotopic (exact) mass is 273 g/mol. The van der Waals surface area contributed by atoms with Crippen LogP contribution in [0.15, 0.2) is 18.3 Å². The average molecular weight is 273 g/mol. The summed E-state index contributed by atoms with van der Waals surface area (Å²) in [5.74, 6) is 0. The SMILES string of the molecule is COCCN1Cc2cc3c(C(C)N)cn(C)c3cc2C1. The van der Waals surface area contributed by atoms with Gasteiger partial charge in [0.25, 0.3) is 0 Å². The fourth-order valence-corrected chi connectivity index (χ4v) is 3.12. The van der Waals surface area contributed by atoms with Gasteiger partial charge in [-0.2, -0.15) is 0 Å². The van der Waals surface area contributed by atoms with Crippen molar-refractivity contribution in [1.29, 1.82) is 0 Å². The zero-order valence-corrected chi connectivity index (χ0v) is 12.5. The van der Waals surface area contributed by atoms with Gasteiger partial charge in [0.2, 0.25) is 0 Å². The number of fused-ring (bicyclic) bond motifs is 2. The molecule has 0 radical (unpaired) electrons. The van der Waals surface area contributed by atoms with Crippen LogP contribution in [0, 0.1) is 0 Å². The molecule has 2 aromatic rings. The minimum atomic E-state index is 0.0720. The number of nitrogens with two attached hydrogens (primary N) is 1. The van der Waals surface area contributed by atoms with Crippen molar-refractivity contribution >= 4 is 10.9 Å². The average Bonchev–Trinajstić information content (AvgIpc) is 2.95. The number of hydrogen-bond donors (Lipinski definition) is 1. The molecule has 1 unspecified atom stereocenters. The molecule has 0 bridgehead atoms. The van der Waals surface area contributed by atoms with E-state index in [2.05, 4.69) is 34.8 Å². The van der Waals surface area contributed by atoms with Crippen LogP contribution in [0.1, 0.15) is 29.7 Å². The van der Waals surface area contributed by atoms with Crippen molar-refractivity contribution in [2.24, 2.45) is 12.8 Å². The lowest BCUT2D eigenvalue weighted by Gasteiger charge is -2.13. The van der Waals surface area contributed by atoms with Crippen molar-refractivity contribution < 1.29 is 4.74 Å². The van der Waals surface area contributed by atoms with Gasteiger partial charge in [0.05, 0.1) is 6.61 Å². The first kappa shape index (κ1) is 13.6. The molecular formula is C16H23N3O. The summed E-state index contributed by atoms with van der Waals surface area (Å²) in [5.41, 5.74) is 11.5. The number of aromatic nitrogens is 1. The Kier molecular flexibility index (Phi) is 3.54. The summed E-state index contributed by atoms with van der Waals surface area (Å²) in [6.07, 6.45) is 2.16. The maximum Gasteiger partial charge on any atom is 0.0589 e. The lowest BCUT2D eigenvalue weighted by molar-refractivity contribution is 0.147. The van der Waals surface area contributed by atoms with Crippen LogP contribution < -0.4 is 5.73 Å². The van der Waals surface area contributed by atoms with Gasteiger partial charge in [-0.1, -0.05) is 0 Å². The molecule has 0 aliphatic carbocycles. The third-order valence-corrected chi connectivity index (χ3v) is 4.23. The van der Waals surface area contributed by atoms with E-state index < -0.39 is 0 Å². The number of nitrogens with zero attached hydrogens (tertiary/aromatic N) is 2. The summed E-state index contributed by atoms with van der Waals surface area (Å²) in [7, 11) is 3.85. The molecule has 0 amide bonds. The minimum absolute atomic E-state index is 0.0720. The number of methoxy groups -OCH3 is 1. The van der Waals surface area contributed by atoms with E-state index >= 15 is 0 Å². The van der Waals surface area contributed by atoms with Gasteiger partial charge >= 0.3 is 0 Å². The van der Waals surface area contributed by atoms with Gasteiger partial charge in [0, 0.05) is 56.9 Å². The number of benzene rings is 1. The zero-order valence-electron chi connectivity index (χ0n) is 12.5. The summed E-state index contributed by atoms with van der Waals surface area (Å²) >= 11 is 0. The van der Waals surface area contributed by atoms with Gasteiger partial charge in [0.1, 0.15) is 0 Å². The first-order chi connectivity index (χ1) is 9.60. The zero-order chi connectivity index (χ0) is 14.3. The van der Waals surface area contributed by atoms with Crippen LogP contribution in [-0.4, -0.2) is 29.7 Å². The second-order valence-corrected chi connectivity index (χ2v) is 5.83. The van der Waals surface area contributed by atoms with E-state index in [4.69, 9.17) is 10.5 Å². The van der Waals surface area contributed by atoms with Crippen molar-refractivity contribution in [2.45, 2.75) is 26.1 Å². The second-order valence-electron chi connectivity index (χ2n) is 5.83. The second kappa shape index (κ2) is 5.20. The Labute approximate surface area is 120 Å². The molecule has 4 nitrogen and oxygen atoms in total. The van der Waals surface area contributed by atoms with Crippen LogP contribution in [-0.2, 0) is 24.9 Å². The molecule has 1 atom stereocenters. The van der Waals surface area contributed by atoms with E-state index in [1.165, 1.54) is 27.6 Å². The van der Waals surface area contributed by atoms with E-state index in [1.807, 2.05) is 6.92 Å². The molecule has 0 fully saturated rings.